The zero-order valence-corrected chi connectivity index (χ0v) is 12.6. The second kappa shape index (κ2) is 6.05. The van der Waals surface area contributed by atoms with E-state index in [1.807, 2.05) is 0 Å². The van der Waals surface area contributed by atoms with Crippen LogP contribution in [0.25, 0.3) is 0 Å². The van der Waals surface area contributed by atoms with Crippen molar-refractivity contribution in [1.29, 1.82) is 0 Å². The van der Waals surface area contributed by atoms with Crippen molar-refractivity contribution in [3.63, 3.8) is 0 Å². The van der Waals surface area contributed by atoms with Crippen molar-refractivity contribution >= 4 is 5.97 Å². The van der Waals surface area contributed by atoms with Gasteiger partial charge in [-0.25, -0.2) is 0 Å². The number of carboxylic acid groups (broad SMARTS) is 1. The highest BCUT2D eigenvalue weighted by molar-refractivity contribution is 5.69. The number of rotatable bonds is 5. The Kier molecular flexibility index (Phi) is 5.20. The maximum absolute atomic E-state index is 11.1. The van der Waals surface area contributed by atoms with E-state index in [1.54, 1.807) is 0 Å². The normalized spacial score (nSPS) is 29.2. The lowest BCUT2D eigenvalue weighted by Gasteiger charge is -2.46. The van der Waals surface area contributed by atoms with Gasteiger partial charge >= 0.3 is 5.97 Å². The van der Waals surface area contributed by atoms with Crippen LogP contribution in [0, 0.1) is 11.3 Å². The summed E-state index contributed by atoms with van der Waals surface area (Å²) in [4.78, 5) is 13.3. The minimum absolute atomic E-state index is 0.185. The van der Waals surface area contributed by atoms with Crippen LogP contribution in [0.3, 0.4) is 0 Å². The van der Waals surface area contributed by atoms with Gasteiger partial charge in [0, 0.05) is 12.1 Å². The van der Waals surface area contributed by atoms with Crippen LogP contribution in [-0.2, 0) is 4.79 Å². The lowest BCUT2D eigenvalue weighted by atomic mass is 9.70. The first-order valence-corrected chi connectivity index (χ1v) is 7.24. The molecule has 0 bridgehead atoms. The minimum Gasteiger partial charge on any atom is -0.480 e. The maximum Gasteiger partial charge on any atom is 0.317 e. The van der Waals surface area contributed by atoms with E-state index >= 15 is 0 Å². The van der Waals surface area contributed by atoms with E-state index in [1.165, 1.54) is 12.8 Å². The minimum atomic E-state index is -0.702. The number of aliphatic carboxylic acids is 1. The van der Waals surface area contributed by atoms with Crippen molar-refractivity contribution in [3.8, 4) is 0 Å². The van der Waals surface area contributed by atoms with Gasteiger partial charge in [0.15, 0.2) is 0 Å². The Morgan fingerprint density at radius 2 is 2.11 bits per heavy atom. The Hall–Kier alpha value is -0.570. The molecule has 0 spiro atoms. The van der Waals surface area contributed by atoms with Gasteiger partial charge in [0.25, 0.3) is 0 Å². The molecule has 3 nitrogen and oxygen atoms in total. The third-order valence-electron chi connectivity index (χ3n) is 4.55. The standard InChI is InChI=1S/C15H29NO2/c1-6-12(3)16(10-14(17)18)13-7-8-15(4,5)9-11(13)2/h11-13H,6-10H2,1-5H3,(H,17,18). The Morgan fingerprint density at radius 1 is 1.50 bits per heavy atom. The molecule has 18 heavy (non-hydrogen) atoms. The summed E-state index contributed by atoms with van der Waals surface area (Å²) in [5, 5.41) is 9.11. The number of nitrogens with zero attached hydrogens (tertiary/aromatic N) is 1. The molecular weight excluding hydrogens is 226 g/mol. The SMILES string of the molecule is CCC(C)N(CC(=O)O)C1CCC(C)(C)CC1C. The molecule has 3 atom stereocenters. The first-order chi connectivity index (χ1) is 8.26. The first kappa shape index (κ1) is 15.5. The molecule has 1 N–H and O–H groups in total. The van der Waals surface area contributed by atoms with E-state index in [2.05, 4.69) is 39.5 Å². The highest BCUT2D eigenvalue weighted by Crippen LogP contribution is 2.40. The van der Waals surface area contributed by atoms with Crippen LogP contribution in [0.1, 0.15) is 60.3 Å². The predicted octanol–water partition coefficient (Wildman–Crippen LogP) is 3.39. The van der Waals surface area contributed by atoms with Crippen molar-refractivity contribution in [2.45, 2.75) is 72.4 Å². The number of hydrogen-bond donors (Lipinski definition) is 1. The van der Waals surface area contributed by atoms with Gasteiger partial charge in [-0.3, -0.25) is 9.69 Å². The summed E-state index contributed by atoms with van der Waals surface area (Å²) in [5.74, 6) is -0.116. The highest BCUT2D eigenvalue weighted by atomic mass is 16.4. The van der Waals surface area contributed by atoms with E-state index in [4.69, 9.17) is 5.11 Å². The smallest absolute Gasteiger partial charge is 0.317 e. The van der Waals surface area contributed by atoms with Crippen LogP contribution in [0.5, 0.6) is 0 Å². The van der Waals surface area contributed by atoms with Crippen LogP contribution in [0.15, 0.2) is 0 Å². The van der Waals surface area contributed by atoms with E-state index in [0.717, 1.165) is 12.8 Å². The van der Waals surface area contributed by atoms with Crippen molar-refractivity contribution in [3.05, 3.63) is 0 Å². The monoisotopic (exact) mass is 255 g/mol. The van der Waals surface area contributed by atoms with Crippen LogP contribution in [0.4, 0.5) is 0 Å². The molecule has 1 fully saturated rings. The molecule has 1 aliphatic rings. The molecule has 1 rings (SSSR count). The van der Waals surface area contributed by atoms with Crippen molar-refractivity contribution in [2.24, 2.45) is 11.3 Å². The van der Waals surface area contributed by atoms with Gasteiger partial charge in [-0.1, -0.05) is 27.7 Å². The van der Waals surface area contributed by atoms with Gasteiger partial charge in [-0.2, -0.15) is 0 Å². The van der Waals surface area contributed by atoms with Gasteiger partial charge in [0.2, 0.25) is 0 Å². The fourth-order valence-corrected chi connectivity index (χ4v) is 3.42. The Bertz CT molecular complexity index is 288. The topological polar surface area (TPSA) is 40.5 Å². The highest BCUT2D eigenvalue weighted by Gasteiger charge is 2.37. The average Bonchev–Trinajstić information content (AvgIpc) is 2.24. The summed E-state index contributed by atoms with van der Waals surface area (Å²) in [6.07, 6.45) is 4.55. The number of carbonyl (C=O) groups is 1. The largest absolute Gasteiger partial charge is 0.480 e. The summed E-state index contributed by atoms with van der Waals surface area (Å²) in [6, 6.07) is 0.791. The lowest BCUT2D eigenvalue weighted by molar-refractivity contribution is -0.140. The maximum atomic E-state index is 11.1. The third-order valence-corrected chi connectivity index (χ3v) is 4.55. The molecule has 3 unspecified atom stereocenters. The van der Waals surface area contributed by atoms with E-state index in [-0.39, 0.29) is 6.54 Å². The molecule has 0 amide bonds. The molecular formula is C15H29NO2. The molecule has 0 aromatic rings. The predicted molar refractivity (Wildman–Crippen MR) is 74.7 cm³/mol. The van der Waals surface area contributed by atoms with Crippen LogP contribution in [-0.4, -0.2) is 34.6 Å². The molecule has 0 aromatic heterocycles. The summed E-state index contributed by atoms with van der Waals surface area (Å²) >= 11 is 0. The second-order valence-electron chi connectivity index (χ2n) is 6.77. The van der Waals surface area contributed by atoms with E-state index in [0.29, 0.717) is 23.4 Å². The Labute approximate surface area is 112 Å². The van der Waals surface area contributed by atoms with Gasteiger partial charge in [0.05, 0.1) is 6.54 Å². The number of carboxylic acids is 1. The third kappa shape index (κ3) is 3.98. The fourth-order valence-electron chi connectivity index (χ4n) is 3.42. The molecule has 1 aliphatic carbocycles. The zero-order valence-electron chi connectivity index (χ0n) is 12.6. The summed E-state index contributed by atoms with van der Waals surface area (Å²) in [7, 11) is 0. The molecule has 0 aromatic carbocycles. The number of hydrogen-bond acceptors (Lipinski definition) is 2. The molecule has 0 radical (unpaired) electrons. The second-order valence-corrected chi connectivity index (χ2v) is 6.77. The first-order valence-electron chi connectivity index (χ1n) is 7.24. The fraction of sp³-hybridized carbons (Fsp3) is 0.933. The van der Waals surface area contributed by atoms with Crippen LogP contribution < -0.4 is 0 Å². The molecule has 3 heteroatoms. The molecule has 106 valence electrons. The molecule has 0 heterocycles. The zero-order chi connectivity index (χ0) is 13.9. The van der Waals surface area contributed by atoms with Crippen molar-refractivity contribution in [1.82, 2.24) is 4.90 Å². The van der Waals surface area contributed by atoms with Crippen LogP contribution >= 0.6 is 0 Å². The van der Waals surface area contributed by atoms with Crippen molar-refractivity contribution < 1.29 is 9.90 Å². The lowest BCUT2D eigenvalue weighted by Crippen LogP contribution is -2.50. The van der Waals surface area contributed by atoms with E-state index in [9.17, 15) is 4.79 Å². The van der Waals surface area contributed by atoms with Gasteiger partial charge in [0.1, 0.15) is 0 Å². The van der Waals surface area contributed by atoms with Gasteiger partial charge in [-0.15, -0.1) is 0 Å². The Balaban J connectivity index is 2.76. The molecule has 0 saturated heterocycles. The average molecular weight is 255 g/mol. The molecule has 1 saturated carbocycles. The van der Waals surface area contributed by atoms with Gasteiger partial charge < -0.3 is 5.11 Å². The summed E-state index contributed by atoms with van der Waals surface area (Å²) in [6.45, 7) is 11.4. The van der Waals surface area contributed by atoms with E-state index < -0.39 is 5.97 Å². The summed E-state index contributed by atoms with van der Waals surface area (Å²) in [5.41, 5.74) is 0.417. The van der Waals surface area contributed by atoms with Crippen molar-refractivity contribution in [2.75, 3.05) is 6.54 Å². The van der Waals surface area contributed by atoms with Gasteiger partial charge in [-0.05, 0) is 43.9 Å². The van der Waals surface area contributed by atoms with Crippen LogP contribution in [0.2, 0.25) is 0 Å². The Morgan fingerprint density at radius 3 is 2.56 bits per heavy atom. The quantitative estimate of drug-likeness (QED) is 0.818. The molecule has 0 aliphatic heterocycles. The summed E-state index contributed by atoms with van der Waals surface area (Å²) < 4.78 is 0.